The molecule has 0 aromatic heterocycles. The summed E-state index contributed by atoms with van der Waals surface area (Å²) in [6.07, 6.45) is 5.82. The third-order valence-electron chi connectivity index (χ3n) is 5.44. The van der Waals surface area contributed by atoms with E-state index in [2.05, 4.69) is 16.7 Å². The number of carbonyl (C=O) groups excluding carboxylic acids is 1. The molecular formula is C20H30ClN3O3S. The van der Waals surface area contributed by atoms with Crippen molar-refractivity contribution < 1.29 is 13.2 Å². The number of hydrogen-bond acceptors (Lipinski definition) is 4. The Morgan fingerprint density at radius 1 is 1.32 bits per heavy atom. The molecule has 28 heavy (non-hydrogen) atoms. The van der Waals surface area contributed by atoms with Gasteiger partial charge in [0.15, 0.2) is 0 Å². The van der Waals surface area contributed by atoms with Crippen LogP contribution in [0.4, 0.5) is 0 Å². The van der Waals surface area contributed by atoms with E-state index in [1.165, 1.54) is 11.6 Å². The van der Waals surface area contributed by atoms with Crippen LogP contribution in [0.5, 0.6) is 0 Å². The van der Waals surface area contributed by atoms with E-state index in [0.717, 1.165) is 44.3 Å². The Balaban J connectivity index is 0.00000280. The van der Waals surface area contributed by atoms with Gasteiger partial charge in [-0.15, -0.1) is 12.4 Å². The van der Waals surface area contributed by atoms with Crippen LogP contribution in [-0.2, 0) is 10.0 Å². The van der Waals surface area contributed by atoms with E-state index in [4.69, 9.17) is 0 Å². The van der Waals surface area contributed by atoms with Crippen LogP contribution in [0.1, 0.15) is 48.5 Å². The van der Waals surface area contributed by atoms with Crippen LogP contribution in [0.3, 0.4) is 0 Å². The monoisotopic (exact) mass is 427 g/mol. The molecule has 1 fully saturated rings. The normalized spacial score (nSPS) is 20.8. The van der Waals surface area contributed by atoms with Gasteiger partial charge in [0.25, 0.3) is 5.91 Å². The number of amides is 1. The lowest BCUT2D eigenvalue weighted by atomic mass is 10.1. The van der Waals surface area contributed by atoms with Gasteiger partial charge in [-0.2, -0.15) is 4.31 Å². The van der Waals surface area contributed by atoms with Crippen LogP contribution in [0.25, 0.3) is 0 Å². The topological polar surface area (TPSA) is 78.5 Å². The fourth-order valence-corrected chi connectivity index (χ4v) is 5.42. The maximum Gasteiger partial charge on any atom is 0.251 e. The standard InChI is InChI=1S/C20H29N3O3S.ClH/c1-15-6-7-18(27(25,26)23-12-4-3-5-16(23)2)13-19(15)20(24)22-14-17-8-10-21-11-9-17;/h6-8,13,16,21H,3-5,9-12,14H2,1-2H3,(H,22,24);1H. The molecule has 1 unspecified atom stereocenters. The molecule has 2 aliphatic rings. The van der Waals surface area contributed by atoms with Crippen molar-refractivity contribution in [3.63, 3.8) is 0 Å². The van der Waals surface area contributed by atoms with E-state index >= 15 is 0 Å². The van der Waals surface area contributed by atoms with Crippen LogP contribution in [-0.4, -0.2) is 50.9 Å². The molecule has 2 aliphatic heterocycles. The molecule has 8 heteroatoms. The van der Waals surface area contributed by atoms with Gasteiger partial charge in [-0.3, -0.25) is 4.79 Å². The first-order chi connectivity index (χ1) is 12.9. The maximum absolute atomic E-state index is 13.1. The number of halogens is 1. The molecule has 1 saturated heterocycles. The molecule has 6 nitrogen and oxygen atoms in total. The molecule has 2 heterocycles. The van der Waals surface area contributed by atoms with E-state index < -0.39 is 10.0 Å². The Morgan fingerprint density at radius 2 is 2.11 bits per heavy atom. The molecule has 1 atom stereocenters. The SMILES string of the molecule is Cc1ccc(S(=O)(=O)N2CCCCC2C)cc1C(=O)NCC1=CCNCC1.Cl. The Hall–Kier alpha value is -1.41. The summed E-state index contributed by atoms with van der Waals surface area (Å²) in [5.74, 6) is -0.226. The zero-order valence-corrected chi connectivity index (χ0v) is 18.2. The summed E-state index contributed by atoms with van der Waals surface area (Å²) >= 11 is 0. The first-order valence-corrected chi connectivity index (χ1v) is 11.1. The lowest BCUT2D eigenvalue weighted by Crippen LogP contribution is -2.42. The molecule has 1 aromatic rings. The molecule has 0 spiro atoms. The van der Waals surface area contributed by atoms with Crippen molar-refractivity contribution >= 4 is 28.3 Å². The van der Waals surface area contributed by atoms with Gasteiger partial charge in [-0.25, -0.2) is 8.42 Å². The number of sulfonamides is 1. The van der Waals surface area contributed by atoms with Crippen molar-refractivity contribution in [2.45, 2.75) is 50.5 Å². The number of rotatable bonds is 5. The minimum Gasteiger partial charge on any atom is -0.348 e. The van der Waals surface area contributed by atoms with Crippen LogP contribution in [0.2, 0.25) is 0 Å². The molecule has 0 saturated carbocycles. The second-order valence-electron chi connectivity index (χ2n) is 7.44. The summed E-state index contributed by atoms with van der Waals surface area (Å²) in [4.78, 5) is 12.9. The van der Waals surface area contributed by atoms with Gasteiger partial charge in [-0.05, 0) is 57.4 Å². The highest BCUT2D eigenvalue weighted by Crippen LogP contribution is 2.26. The lowest BCUT2D eigenvalue weighted by Gasteiger charge is -2.32. The number of benzene rings is 1. The number of carbonyl (C=O) groups is 1. The minimum atomic E-state index is -3.59. The molecule has 1 aromatic carbocycles. The summed E-state index contributed by atoms with van der Waals surface area (Å²) in [6.45, 7) is 6.57. The Kier molecular flexibility index (Phi) is 8.07. The molecule has 156 valence electrons. The summed E-state index contributed by atoms with van der Waals surface area (Å²) in [5, 5.41) is 6.17. The van der Waals surface area contributed by atoms with Gasteiger partial charge < -0.3 is 10.6 Å². The van der Waals surface area contributed by atoms with Crippen molar-refractivity contribution in [1.82, 2.24) is 14.9 Å². The van der Waals surface area contributed by atoms with Gasteiger partial charge >= 0.3 is 0 Å². The number of hydrogen-bond donors (Lipinski definition) is 2. The van der Waals surface area contributed by atoms with Gasteiger partial charge in [-0.1, -0.05) is 24.1 Å². The van der Waals surface area contributed by atoms with Crippen molar-refractivity contribution in [3.05, 3.63) is 41.0 Å². The second-order valence-corrected chi connectivity index (χ2v) is 9.33. The average molecular weight is 428 g/mol. The Bertz CT molecular complexity index is 839. The zero-order valence-electron chi connectivity index (χ0n) is 16.5. The van der Waals surface area contributed by atoms with E-state index in [0.29, 0.717) is 18.7 Å². The number of nitrogens with zero attached hydrogens (tertiary/aromatic N) is 1. The Morgan fingerprint density at radius 3 is 2.79 bits per heavy atom. The fourth-order valence-electron chi connectivity index (χ4n) is 3.69. The number of nitrogens with one attached hydrogen (secondary N) is 2. The highest BCUT2D eigenvalue weighted by molar-refractivity contribution is 7.89. The van der Waals surface area contributed by atoms with Crippen LogP contribution in [0.15, 0.2) is 34.7 Å². The van der Waals surface area contributed by atoms with Gasteiger partial charge in [0.1, 0.15) is 0 Å². The molecule has 0 bridgehead atoms. The summed E-state index contributed by atoms with van der Waals surface area (Å²) in [5.41, 5.74) is 2.40. The zero-order chi connectivity index (χ0) is 19.4. The molecule has 1 amide bonds. The summed E-state index contributed by atoms with van der Waals surface area (Å²) in [7, 11) is -3.59. The second kappa shape index (κ2) is 9.87. The quantitative estimate of drug-likeness (QED) is 0.708. The summed E-state index contributed by atoms with van der Waals surface area (Å²) < 4.78 is 27.7. The number of aryl methyl sites for hydroxylation is 1. The summed E-state index contributed by atoms with van der Waals surface area (Å²) in [6, 6.07) is 4.85. The molecule has 0 aliphatic carbocycles. The Labute approximate surface area is 174 Å². The van der Waals surface area contributed by atoms with E-state index in [1.807, 2.05) is 13.8 Å². The van der Waals surface area contributed by atoms with Gasteiger partial charge in [0, 0.05) is 31.2 Å². The highest BCUT2D eigenvalue weighted by Gasteiger charge is 2.31. The van der Waals surface area contributed by atoms with Crippen molar-refractivity contribution in [2.24, 2.45) is 0 Å². The van der Waals surface area contributed by atoms with Gasteiger partial charge in [0.2, 0.25) is 10.0 Å². The van der Waals surface area contributed by atoms with E-state index in [-0.39, 0.29) is 29.3 Å². The third kappa shape index (κ3) is 5.14. The molecule has 0 radical (unpaired) electrons. The number of piperidine rings is 1. The van der Waals surface area contributed by atoms with Crippen LogP contribution >= 0.6 is 12.4 Å². The van der Waals surface area contributed by atoms with Crippen molar-refractivity contribution in [3.8, 4) is 0 Å². The largest absolute Gasteiger partial charge is 0.348 e. The minimum absolute atomic E-state index is 0. The van der Waals surface area contributed by atoms with Gasteiger partial charge in [0.05, 0.1) is 4.90 Å². The van der Waals surface area contributed by atoms with Crippen LogP contribution < -0.4 is 10.6 Å². The van der Waals surface area contributed by atoms with Crippen LogP contribution in [0, 0.1) is 6.92 Å². The average Bonchev–Trinajstić information content (AvgIpc) is 2.67. The maximum atomic E-state index is 13.1. The highest BCUT2D eigenvalue weighted by atomic mass is 35.5. The van der Waals surface area contributed by atoms with Crippen molar-refractivity contribution in [1.29, 1.82) is 0 Å². The fraction of sp³-hybridized carbons (Fsp3) is 0.550. The predicted molar refractivity (Wildman–Crippen MR) is 114 cm³/mol. The van der Waals surface area contributed by atoms with Crippen molar-refractivity contribution in [2.75, 3.05) is 26.2 Å². The molecular weight excluding hydrogens is 398 g/mol. The van der Waals surface area contributed by atoms with E-state index in [9.17, 15) is 13.2 Å². The smallest absolute Gasteiger partial charge is 0.251 e. The van der Waals surface area contributed by atoms with E-state index in [1.54, 1.807) is 16.4 Å². The predicted octanol–water partition coefficient (Wildman–Crippen LogP) is 2.63. The first-order valence-electron chi connectivity index (χ1n) is 9.69. The third-order valence-corrected chi connectivity index (χ3v) is 7.45. The molecule has 2 N–H and O–H groups in total. The first kappa shape index (κ1) is 22.9. The molecule has 3 rings (SSSR count). The lowest BCUT2D eigenvalue weighted by molar-refractivity contribution is 0.0956.